The quantitative estimate of drug-likeness (QED) is 0.691. The Bertz CT molecular complexity index is 959. The van der Waals surface area contributed by atoms with Crippen molar-refractivity contribution in [3.05, 3.63) is 66.4 Å². The van der Waals surface area contributed by atoms with Crippen molar-refractivity contribution in [3.63, 3.8) is 0 Å². The number of H-pyrrole nitrogens is 1. The molecule has 2 aromatic carbocycles. The maximum absolute atomic E-state index is 12.4. The molecule has 0 radical (unpaired) electrons. The number of aromatic nitrogens is 1. The van der Waals surface area contributed by atoms with Gasteiger partial charge in [0.15, 0.2) is 5.78 Å². The lowest BCUT2D eigenvalue weighted by Crippen LogP contribution is -2.49. The SMILES string of the molecule is O=C(CCN1CCN(C(=O)Oc2ccc3[nH]ccc3c2)CC1)c1ccccc1. The van der Waals surface area contributed by atoms with Crippen LogP contribution >= 0.6 is 0 Å². The van der Waals surface area contributed by atoms with Crippen molar-refractivity contribution in [2.75, 3.05) is 32.7 Å². The third kappa shape index (κ3) is 4.23. The van der Waals surface area contributed by atoms with E-state index < -0.39 is 0 Å². The van der Waals surface area contributed by atoms with Crippen LogP contribution in [0.25, 0.3) is 10.9 Å². The van der Waals surface area contributed by atoms with E-state index in [4.69, 9.17) is 4.74 Å². The van der Waals surface area contributed by atoms with Crippen LogP contribution < -0.4 is 4.74 Å². The Morgan fingerprint density at radius 2 is 1.75 bits per heavy atom. The molecular formula is C22H23N3O3. The number of carbonyl (C=O) groups excluding carboxylic acids is 2. The number of nitrogens with zero attached hydrogens (tertiary/aromatic N) is 2. The van der Waals surface area contributed by atoms with Gasteiger partial charge in [0.2, 0.25) is 0 Å². The molecule has 0 bridgehead atoms. The van der Waals surface area contributed by atoms with Crippen molar-refractivity contribution in [2.24, 2.45) is 0 Å². The molecule has 6 nitrogen and oxygen atoms in total. The van der Waals surface area contributed by atoms with E-state index in [0.29, 0.717) is 31.8 Å². The second-order valence-corrected chi connectivity index (χ2v) is 6.96. The van der Waals surface area contributed by atoms with Crippen LogP contribution in [0, 0.1) is 0 Å². The molecule has 1 amide bonds. The lowest BCUT2D eigenvalue weighted by molar-refractivity contribution is 0.0911. The van der Waals surface area contributed by atoms with Crippen LogP contribution in [0.2, 0.25) is 0 Å². The van der Waals surface area contributed by atoms with Crippen molar-refractivity contribution in [2.45, 2.75) is 6.42 Å². The predicted octanol–water partition coefficient (Wildman–Crippen LogP) is 3.56. The second-order valence-electron chi connectivity index (χ2n) is 6.96. The Hall–Kier alpha value is -3.12. The molecule has 4 rings (SSSR count). The van der Waals surface area contributed by atoms with E-state index in [1.807, 2.05) is 54.7 Å². The molecule has 1 fully saturated rings. The number of benzene rings is 2. The average Bonchev–Trinajstić information content (AvgIpc) is 3.21. The van der Waals surface area contributed by atoms with E-state index >= 15 is 0 Å². The molecule has 0 atom stereocenters. The predicted molar refractivity (Wildman–Crippen MR) is 108 cm³/mol. The summed E-state index contributed by atoms with van der Waals surface area (Å²) >= 11 is 0. The number of ether oxygens (including phenoxy) is 1. The highest BCUT2D eigenvalue weighted by molar-refractivity contribution is 5.96. The lowest BCUT2D eigenvalue weighted by atomic mass is 10.1. The second kappa shape index (κ2) is 8.27. The molecule has 1 N–H and O–H groups in total. The van der Waals surface area contributed by atoms with Gasteiger partial charge in [0.25, 0.3) is 0 Å². The molecule has 2 heterocycles. The first kappa shape index (κ1) is 18.3. The molecule has 1 aromatic heterocycles. The number of amides is 1. The van der Waals surface area contributed by atoms with E-state index in [1.165, 1.54) is 0 Å². The Morgan fingerprint density at radius 1 is 0.964 bits per heavy atom. The Morgan fingerprint density at radius 3 is 2.54 bits per heavy atom. The van der Waals surface area contributed by atoms with Gasteiger partial charge in [0.1, 0.15) is 5.75 Å². The van der Waals surface area contributed by atoms with Crippen molar-refractivity contribution in [1.29, 1.82) is 0 Å². The van der Waals surface area contributed by atoms with Gasteiger partial charge in [-0.1, -0.05) is 30.3 Å². The fraction of sp³-hybridized carbons (Fsp3) is 0.273. The minimum Gasteiger partial charge on any atom is -0.410 e. The molecule has 0 spiro atoms. The first-order chi connectivity index (χ1) is 13.7. The molecule has 0 aliphatic carbocycles. The fourth-order valence-electron chi connectivity index (χ4n) is 3.44. The van der Waals surface area contributed by atoms with Crippen molar-refractivity contribution < 1.29 is 14.3 Å². The number of carbonyl (C=O) groups is 2. The van der Waals surface area contributed by atoms with Crippen LogP contribution in [-0.2, 0) is 0 Å². The van der Waals surface area contributed by atoms with Gasteiger partial charge in [-0.25, -0.2) is 4.79 Å². The normalized spacial score (nSPS) is 14.9. The maximum atomic E-state index is 12.4. The molecule has 1 aliphatic rings. The van der Waals surface area contributed by atoms with Gasteiger partial charge in [0.05, 0.1) is 0 Å². The number of Topliss-reactive ketones (excluding diaryl/α,β-unsaturated/α-hetero) is 1. The van der Waals surface area contributed by atoms with Crippen LogP contribution in [0.1, 0.15) is 16.8 Å². The van der Waals surface area contributed by atoms with Gasteiger partial charge in [-0.2, -0.15) is 0 Å². The highest BCUT2D eigenvalue weighted by Gasteiger charge is 2.23. The topological polar surface area (TPSA) is 65.6 Å². The fourth-order valence-corrected chi connectivity index (χ4v) is 3.44. The Kier molecular flexibility index (Phi) is 5.39. The van der Waals surface area contributed by atoms with Crippen LogP contribution in [0.3, 0.4) is 0 Å². The minimum atomic E-state index is -0.324. The van der Waals surface area contributed by atoms with Gasteiger partial charge in [-0.15, -0.1) is 0 Å². The number of hydrogen-bond acceptors (Lipinski definition) is 4. The van der Waals surface area contributed by atoms with Crippen LogP contribution in [-0.4, -0.2) is 59.4 Å². The number of piperazine rings is 1. The Labute approximate surface area is 163 Å². The monoisotopic (exact) mass is 377 g/mol. The molecule has 28 heavy (non-hydrogen) atoms. The molecule has 1 saturated heterocycles. The summed E-state index contributed by atoms with van der Waals surface area (Å²) in [5.41, 5.74) is 1.77. The number of nitrogens with one attached hydrogen (secondary N) is 1. The number of aromatic amines is 1. The van der Waals surface area contributed by atoms with Gasteiger partial charge >= 0.3 is 6.09 Å². The smallest absolute Gasteiger partial charge is 0.410 e. The van der Waals surface area contributed by atoms with Gasteiger partial charge in [-0.05, 0) is 24.3 Å². The Balaban J connectivity index is 1.24. The third-order valence-corrected chi connectivity index (χ3v) is 5.11. The van der Waals surface area contributed by atoms with E-state index in [-0.39, 0.29) is 11.9 Å². The zero-order valence-electron chi connectivity index (χ0n) is 15.6. The summed E-state index contributed by atoms with van der Waals surface area (Å²) in [4.78, 5) is 31.7. The number of ketones is 1. The van der Waals surface area contributed by atoms with E-state index in [0.717, 1.165) is 29.6 Å². The zero-order valence-corrected chi connectivity index (χ0v) is 15.6. The third-order valence-electron chi connectivity index (χ3n) is 5.11. The highest BCUT2D eigenvalue weighted by atomic mass is 16.6. The molecule has 6 heteroatoms. The largest absolute Gasteiger partial charge is 0.415 e. The van der Waals surface area contributed by atoms with Gasteiger partial charge in [-0.3, -0.25) is 9.69 Å². The number of fused-ring (bicyclic) bond motifs is 1. The van der Waals surface area contributed by atoms with E-state index in [9.17, 15) is 9.59 Å². The van der Waals surface area contributed by atoms with Crippen molar-refractivity contribution in [1.82, 2.24) is 14.8 Å². The molecular weight excluding hydrogens is 354 g/mol. The molecule has 3 aromatic rings. The first-order valence-electron chi connectivity index (χ1n) is 9.53. The minimum absolute atomic E-state index is 0.155. The molecule has 0 saturated carbocycles. The molecule has 1 aliphatic heterocycles. The molecule has 0 unspecified atom stereocenters. The standard InChI is InChI=1S/C22H23N3O3/c26-21(17-4-2-1-3-5-17)9-11-24-12-14-25(15-13-24)22(27)28-19-6-7-20-18(16-19)8-10-23-20/h1-8,10,16,23H,9,11-15H2. The summed E-state index contributed by atoms with van der Waals surface area (Å²) in [6, 6.07) is 16.9. The van der Waals surface area contributed by atoms with Crippen LogP contribution in [0.5, 0.6) is 5.75 Å². The summed E-state index contributed by atoms with van der Waals surface area (Å²) < 4.78 is 5.52. The van der Waals surface area contributed by atoms with Crippen molar-refractivity contribution >= 4 is 22.8 Å². The van der Waals surface area contributed by atoms with E-state index in [2.05, 4.69) is 9.88 Å². The number of hydrogen-bond donors (Lipinski definition) is 1. The highest BCUT2D eigenvalue weighted by Crippen LogP contribution is 2.20. The summed E-state index contributed by atoms with van der Waals surface area (Å²) in [6.07, 6.45) is 2.03. The maximum Gasteiger partial charge on any atom is 0.415 e. The first-order valence-corrected chi connectivity index (χ1v) is 9.53. The average molecular weight is 377 g/mol. The summed E-state index contributed by atoms with van der Waals surface area (Å²) in [5.74, 6) is 0.704. The van der Waals surface area contributed by atoms with Gasteiger partial charge < -0.3 is 14.6 Å². The lowest BCUT2D eigenvalue weighted by Gasteiger charge is -2.33. The van der Waals surface area contributed by atoms with Crippen LogP contribution in [0.15, 0.2) is 60.8 Å². The van der Waals surface area contributed by atoms with E-state index in [1.54, 1.807) is 11.0 Å². The summed E-state index contributed by atoms with van der Waals surface area (Å²) in [5, 5.41) is 1.01. The van der Waals surface area contributed by atoms with Gasteiger partial charge in [0, 0.05) is 61.8 Å². The summed E-state index contributed by atoms with van der Waals surface area (Å²) in [7, 11) is 0. The zero-order chi connectivity index (χ0) is 19.3. The summed E-state index contributed by atoms with van der Waals surface area (Å²) in [6.45, 7) is 3.40. The molecule has 144 valence electrons. The van der Waals surface area contributed by atoms with Crippen LogP contribution in [0.4, 0.5) is 4.79 Å². The number of rotatable bonds is 5. The van der Waals surface area contributed by atoms with Crippen molar-refractivity contribution in [3.8, 4) is 5.75 Å².